The highest BCUT2D eigenvalue weighted by molar-refractivity contribution is 14.0. The number of amides is 1. The lowest BCUT2D eigenvalue weighted by atomic mass is 10.0. The van der Waals surface area contributed by atoms with Gasteiger partial charge in [-0.25, -0.2) is 8.78 Å². The van der Waals surface area contributed by atoms with E-state index in [0.29, 0.717) is 19.1 Å². The molecule has 1 aromatic carbocycles. The van der Waals surface area contributed by atoms with Gasteiger partial charge in [-0.2, -0.15) is 0 Å². The van der Waals surface area contributed by atoms with Crippen molar-refractivity contribution in [1.29, 1.82) is 0 Å². The van der Waals surface area contributed by atoms with Gasteiger partial charge in [0.1, 0.15) is 0 Å². The number of benzene rings is 1. The molecule has 1 unspecified atom stereocenters. The fourth-order valence-corrected chi connectivity index (χ4v) is 3.40. The molecule has 0 bridgehead atoms. The summed E-state index contributed by atoms with van der Waals surface area (Å²) in [5, 5.41) is 6.34. The van der Waals surface area contributed by atoms with Crippen molar-refractivity contribution in [2.24, 2.45) is 4.99 Å². The summed E-state index contributed by atoms with van der Waals surface area (Å²) in [6, 6.07) is 4.41. The minimum Gasteiger partial charge on any atom is -0.357 e. The van der Waals surface area contributed by atoms with E-state index in [-0.39, 0.29) is 35.8 Å². The van der Waals surface area contributed by atoms with Crippen molar-refractivity contribution in [2.45, 2.75) is 38.6 Å². The molecule has 1 atom stereocenters. The third-order valence-corrected chi connectivity index (χ3v) is 5.34. The van der Waals surface area contributed by atoms with Gasteiger partial charge in [0.05, 0.1) is 6.54 Å². The first kappa shape index (κ1) is 24.8. The number of carbonyl (C=O) groups excluding carboxylic acids is 1. The fraction of sp³-hybridized carbons (Fsp3) is 0.619. The molecular formula is C21H32F2IN5O. The normalized spacial score (nSPS) is 18.5. The first-order chi connectivity index (χ1) is 14.0. The monoisotopic (exact) mass is 535 g/mol. The summed E-state index contributed by atoms with van der Waals surface area (Å²) in [5.41, 5.74) is 0.731. The maximum absolute atomic E-state index is 13.5. The number of hydrogen-bond acceptors (Lipinski definition) is 3. The molecule has 168 valence electrons. The minimum absolute atomic E-state index is 0. The van der Waals surface area contributed by atoms with Crippen LogP contribution in [0, 0.1) is 11.6 Å². The molecule has 1 amide bonds. The average molecular weight is 535 g/mol. The van der Waals surface area contributed by atoms with Crippen LogP contribution in [0.25, 0.3) is 0 Å². The molecule has 0 radical (unpaired) electrons. The smallest absolute Gasteiger partial charge is 0.234 e. The van der Waals surface area contributed by atoms with Crippen molar-refractivity contribution in [2.75, 3.05) is 45.8 Å². The van der Waals surface area contributed by atoms with E-state index in [1.807, 2.05) is 13.8 Å². The van der Waals surface area contributed by atoms with Crippen molar-refractivity contribution < 1.29 is 13.6 Å². The van der Waals surface area contributed by atoms with Gasteiger partial charge < -0.3 is 15.5 Å². The number of aliphatic imine (C=N–C) groups is 1. The van der Waals surface area contributed by atoms with E-state index in [1.165, 1.54) is 6.07 Å². The second-order valence-corrected chi connectivity index (χ2v) is 7.87. The number of nitrogens with zero attached hydrogens (tertiary/aromatic N) is 3. The molecule has 30 heavy (non-hydrogen) atoms. The number of piperazine rings is 1. The second kappa shape index (κ2) is 11.8. The lowest BCUT2D eigenvalue weighted by Crippen LogP contribution is -2.54. The Labute approximate surface area is 194 Å². The topological polar surface area (TPSA) is 60.0 Å². The van der Waals surface area contributed by atoms with E-state index in [0.717, 1.165) is 63.2 Å². The number of guanidine groups is 1. The van der Waals surface area contributed by atoms with Gasteiger partial charge in [0.25, 0.3) is 0 Å². The summed E-state index contributed by atoms with van der Waals surface area (Å²) >= 11 is 0. The minimum atomic E-state index is -0.832. The quantitative estimate of drug-likeness (QED) is 0.320. The van der Waals surface area contributed by atoms with Crippen molar-refractivity contribution in [3.05, 3.63) is 35.4 Å². The predicted octanol–water partition coefficient (Wildman–Crippen LogP) is 2.55. The van der Waals surface area contributed by atoms with Gasteiger partial charge in [0, 0.05) is 51.2 Å². The van der Waals surface area contributed by atoms with Gasteiger partial charge >= 0.3 is 0 Å². The Morgan fingerprint density at radius 2 is 1.90 bits per heavy atom. The van der Waals surface area contributed by atoms with Gasteiger partial charge in [0.2, 0.25) is 5.91 Å². The zero-order valence-corrected chi connectivity index (χ0v) is 20.0. The van der Waals surface area contributed by atoms with Crippen LogP contribution in [-0.4, -0.2) is 73.5 Å². The summed E-state index contributed by atoms with van der Waals surface area (Å²) in [5.74, 6) is -0.745. The summed E-state index contributed by atoms with van der Waals surface area (Å²) in [6.07, 6.45) is 2.20. The maximum Gasteiger partial charge on any atom is 0.234 e. The zero-order chi connectivity index (χ0) is 20.8. The molecule has 3 rings (SSSR count). The Balaban J connectivity index is 0.00000320. The first-order valence-corrected chi connectivity index (χ1v) is 10.5. The average Bonchev–Trinajstić information content (AvgIpc) is 3.51. The Kier molecular flexibility index (Phi) is 9.73. The van der Waals surface area contributed by atoms with Crippen molar-refractivity contribution in [3.8, 4) is 0 Å². The Morgan fingerprint density at radius 1 is 1.20 bits per heavy atom. The van der Waals surface area contributed by atoms with E-state index in [4.69, 9.17) is 4.99 Å². The van der Waals surface area contributed by atoms with Crippen LogP contribution >= 0.6 is 24.0 Å². The Hall–Kier alpha value is -1.49. The van der Waals surface area contributed by atoms with Crippen LogP contribution in [0.4, 0.5) is 8.78 Å². The summed E-state index contributed by atoms with van der Waals surface area (Å²) in [6.45, 7) is 8.86. The van der Waals surface area contributed by atoms with Crippen molar-refractivity contribution in [3.63, 3.8) is 0 Å². The second-order valence-electron chi connectivity index (χ2n) is 7.87. The molecule has 2 aliphatic rings. The lowest BCUT2D eigenvalue weighted by molar-refractivity contribution is -0.122. The highest BCUT2D eigenvalue weighted by Crippen LogP contribution is 2.19. The van der Waals surface area contributed by atoms with E-state index < -0.39 is 11.6 Å². The van der Waals surface area contributed by atoms with Crippen LogP contribution in [-0.2, 0) is 4.79 Å². The molecule has 2 N–H and O–H groups in total. The largest absolute Gasteiger partial charge is 0.357 e. The van der Waals surface area contributed by atoms with Crippen LogP contribution in [0.3, 0.4) is 0 Å². The van der Waals surface area contributed by atoms with Gasteiger partial charge in [-0.05, 0) is 37.5 Å². The highest BCUT2D eigenvalue weighted by atomic mass is 127. The molecular weight excluding hydrogens is 503 g/mol. The van der Waals surface area contributed by atoms with Gasteiger partial charge in [-0.15, -0.1) is 24.0 Å². The van der Waals surface area contributed by atoms with Crippen LogP contribution in [0.2, 0.25) is 0 Å². The standard InChI is InChI=1S/C21H31F2N5O.HI/c1-3-24-21(25-13-15(2)16-4-7-18(22)19(23)12-16)28-10-8-27(9-11-28)14-20(29)26-17-5-6-17;/h4,7,12,15,17H,3,5-6,8-11,13-14H2,1-2H3,(H,24,25)(H,26,29);1H. The molecule has 1 heterocycles. The van der Waals surface area contributed by atoms with Crippen LogP contribution < -0.4 is 10.6 Å². The number of halogens is 3. The first-order valence-electron chi connectivity index (χ1n) is 10.5. The Morgan fingerprint density at radius 3 is 2.50 bits per heavy atom. The van der Waals surface area contributed by atoms with Crippen molar-refractivity contribution in [1.82, 2.24) is 20.4 Å². The number of nitrogens with one attached hydrogen (secondary N) is 2. The lowest BCUT2D eigenvalue weighted by Gasteiger charge is -2.36. The fourth-order valence-electron chi connectivity index (χ4n) is 3.40. The summed E-state index contributed by atoms with van der Waals surface area (Å²) in [7, 11) is 0. The predicted molar refractivity (Wildman–Crippen MR) is 125 cm³/mol. The Bertz CT molecular complexity index is 736. The molecule has 1 aromatic rings. The number of carbonyl (C=O) groups is 1. The van der Waals surface area contributed by atoms with E-state index in [9.17, 15) is 13.6 Å². The molecule has 1 aliphatic carbocycles. The van der Waals surface area contributed by atoms with Gasteiger partial charge in [-0.3, -0.25) is 14.7 Å². The summed E-state index contributed by atoms with van der Waals surface area (Å²) in [4.78, 5) is 21.1. The molecule has 1 saturated carbocycles. The molecule has 1 aliphatic heterocycles. The third-order valence-electron chi connectivity index (χ3n) is 5.34. The highest BCUT2D eigenvalue weighted by Gasteiger charge is 2.26. The van der Waals surface area contributed by atoms with E-state index in [1.54, 1.807) is 6.07 Å². The molecule has 0 spiro atoms. The van der Waals surface area contributed by atoms with Crippen LogP contribution in [0.15, 0.2) is 23.2 Å². The maximum atomic E-state index is 13.5. The summed E-state index contributed by atoms with van der Waals surface area (Å²) < 4.78 is 26.6. The van der Waals surface area contributed by atoms with E-state index in [2.05, 4.69) is 20.4 Å². The van der Waals surface area contributed by atoms with Crippen LogP contribution in [0.5, 0.6) is 0 Å². The molecule has 9 heteroatoms. The van der Waals surface area contributed by atoms with Gasteiger partial charge in [-0.1, -0.05) is 13.0 Å². The van der Waals surface area contributed by atoms with E-state index >= 15 is 0 Å². The molecule has 1 saturated heterocycles. The number of rotatable bonds is 7. The van der Waals surface area contributed by atoms with Crippen LogP contribution in [0.1, 0.15) is 38.2 Å². The molecule has 0 aromatic heterocycles. The van der Waals surface area contributed by atoms with Crippen molar-refractivity contribution >= 4 is 35.8 Å². The van der Waals surface area contributed by atoms with Gasteiger partial charge in [0.15, 0.2) is 17.6 Å². The number of hydrogen-bond donors (Lipinski definition) is 2. The molecule has 6 nitrogen and oxygen atoms in total. The SMILES string of the molecule is CCNC(=NCC(C)c1ccc(F)c(F)c1)N1CCN(CC(=O)NC2CC2)CC1.I. The zero-order valence-electron chi connectivity index (χ0n) is 17.7. The third kappa shape index (κ3) is 7.33. The molecule has 2 fully saturated rings.